The highest BCUT2D eigenvalue weighted by Crippen LogP contribution is 2.29. The molecule has 7 nitrogen and oxygen atoms in total. The summed E-state index contributed by atoms with van der Waals surface area (Å²) in [5.41, 5.74) is 0. The maximum atomic E-state index is 12.6. The lowest BCUT2D eigenvalue weighted by Crippen LogP contribution is -2.28. The van der Waals surface area contributed by atoms with Crippen LogP contribution in [0.15, 0.2) is 40.1 Å². The van der Waals surface area contributed by atoms with Crippen LogP contribution in [0.25, 0.3) is 0 Å². The smallest absolute Gasteiger partial charge is 0.243 e. The van der Waals surface area contributed by atoms with E-state index >= 15 is 0 Å². The van der Waals surface area contributed by atoms with Crippen molar-refractivity contribution in [2.75, 3.05) is 20.2 Å². The highest BCUT2D eigenvalue weighted by Gasteiger charge is 2.34. The number of hydrogen-bond donors (Lipinski definition) is 0. The number of ether oxygens (including phenoxy) is 1. The minimum atomic E-state index is -3.50. The predicted octanol–water partition coefficient (Wildman–Crippen LogP) is 1.26. The van der Waals surface area contributed by atoms with E-state index in [1.807, 2.05) is 0 Å². The van der Waals surface area contributed by atoms with Crippen molar-refractivity contribution >= 4 is 10.0 Å². The normalized spacial score (nSPS) is 19.8. The highest BCUT2D eigenvalue weighted by molar-refractivity contribution is 7.89. The van der Waals surface area contributed by atoms with E-state index in [1.54, 1.807) is 31.4 Å². The van der Waals surface area contributed by atoms with Crippen molar-refractivity contribution in [3.8, 4) is 5.75 Å². The minimum Gasteiger partial charge on any atom is -0.497 e. The molecule has 1 fully saturated rings. The Morgan fingerprint density at radius 2 is 2.10 bits per heavy atom. The van der Waals surface area contributed by atoms with Gasteiger partial charge in [0.05, 0.1) is 12.0 Å². The molecule has 0 aliphatic carbocycles. The van der Waals surface area contributed by atoms with E-state index in [4.69, 9.17) is 9.26 Å². The van der Waals surface area contributed by atoms with Gasteiger partial charge in [0.2, 0.25) is 16.4 Å². The Morgan fingerprint density at radius 1 is 1.33 bits per heavy atom. The molecule has 0 unspecified atom stereocenters. The van der Waals surface area contributed by atoms with Gasteiger partial charge in [0.25, 0.3) is 0 Å². The summed E-state index contributed by atoms with van der Waals surface area (Å²) in [6.07, 6.45) is 1.95. The number of hydrogen-bond acceptors (Lipinski definition) is 6. The van der Waals surface area contributed by atoms with Crippen molar-refractivity contribution in [2.24, 2.45) is 0 Å². The molecule has 2 heterocycles. The average Bonchev–Trinajstić information content (AvgIpc) is 3.18. The first kappa shape index (κ1) is 14.0. The van der Waals surface area contributed by atoms with E-state index in [9.17, 15) is 8.42 Å². The molecule has 0 saturated carbocycles. The van der Waals surface area contributed by atoms with Crippen molar-refractivity contribution in [1.82, 2.24) is 14.4 Å². The van der Waals surface area contributed by atoms with Crippen molar-refractivity contribution in [3.05, 3.63) is 36.5 Å². The monoisotopic (exact) mass is 309 g/mol. The second-order valence-corrected chi connectivity index (χ2v) is 6.75. The van der Waals surface area contributed by atoms with Crippen LogP contribution < -0.4 is 4.74 Å². The van der Waals surface area contributed by atoms with Crippen LogP contribution in [0.5, 0.6) is 5.75 Å². The average molecular weight is 309 g/mol. The molecule has 0 radical (unpaired) electrons. The summed E-state index contributed by atoms with van der Waals surface area (Å²) >= 11 is 0. The molecule has 0 spiro atoms. The zero-order valence-electron chi connectivity index (χ0n) is 11.5. The maximum absolute atomic E-state index is 12.6. The zero-order chi connectivity index (χ0) is 14.9. The summed E-state index contributed by atoms with van der Waals surface area (Å²) < 4.78 is 36.3. The van der Waals surface area contributed by atoms with E-state index in [1.165, 1.54) is 10.7 Å². The van der Waals surface area contributed by atoms with Crippen LogP contribution in [-0.4, -0.2) is 43.1 Å². The fourth-order valence-corrected chi connectivity index (χ4v) is 3.91. The van der Waals surface area contributed by atoms with E-state index in [-0.39, 0.29) is 10.8 Å². The lowest BCUT2D eigenvalue weighted by Gasteiger charge is -2.16. The Balaban J connectivity index is 1.79. The number of aromatic nitrogens is 2. The lowest BCUT2D eigenvalue weighted by atomic mass is 10.1. The molecule has 1 aromatic heterocycles. The molecule has 1 aliphatic heterocycles. The largest absolute Gasteiger partial charge is 0.497 e. The Kier molecular flexibility index (Phi) is 3.64. The quantitative estimate of drug-likeness (QED) is 0.845. The van der Waals surface area contributed by atoms with Crippen LogP contribution in [0.4, 0.5) is 0 Å². The Hall–Kier alpha value is -1.93. The van der Waals surface area contributed by atoms with Crippen molar-refractivity contribution in [1.29, 1.82) is 0 Å². The van der Waals surface area contributed by atoms with Gasteiger partial charge in [-0.2, -0.15) is 9.29 Å². The molecule has 0 amide bonds. The number of rotatable bonds is 4. The van der Waals surface area contributed by atoms with Gasteiger partial charge >= 0.3 is 0 Å². The van der Waals surface area contributed by atoms with Crippen LogP contribution in [-0.2, 0) is 10.0 Å². The molecular weight excluding hydrogens is 294 g/mol. The van der Waals surface area contributed by atoms with Gasteiger partial charge in [0.1, 0.15) is 5.75 Å². The molecule has 2 aromatic rings. The van der Waals surface area contributed by atoms with Gasteiger partial charge < -0.3 is 9.26 Å². The van der Waals surface area contributed by atoms with Crippen molar-refractivity contribution < 1.29 is 17.7 Å². The number of nitrogens with zero attached hydrogens (tertiary/aromatic N) is 3. The zero-order valence-corrected chi connectivity index (χ0v) is 12.3. The van der Waals surface area contributed by atoms with Crippen LogP contribution in [0.3, 0.4) is 0 Å². The number of benzene rings is 1. The molecule has 8 heteroatoms. The Bertz CT molecular complexity index is 698. The fourth-order valence-electron chi connectivity index (χ4n) is 2.41. The summed E-state index contributed by atoms with van der Waals surface area (Å²) in [5.74, 6) is 1.17. The maximum Gasteiger partial charge on any atom is 0.243 e. The van der Waals surface area contributed by atoms with Gasteiger partial charge in [-0.3, -0.25) is 0 Å². The van der Waals surface area contributed by atoms with Crippen LogP contribution in [0.1, 0.15) is 18.2 Å². The highest BCUT2D eigenvalue weighted by atomic mass is 32.2. The van der Waals surface area contributed by atoms with E-state index in [0.717, 1.165) is 0 Å². The van der Waals surface area contributed by atoms with Crippen LogP contribution in [0.2, 0.25) is 0 Å². The van der Waals surface area contributed by atoms with Crippen LogP contribution in [0, 0.1) is 0 Å². The van der Waals surface area contributed by atoms with Gasteiger partial charge in [0, 0.05) is 19.0 Å². The third-order valence-electron chi connectivity index (χ3n) is 3.59. The Morgan fingerprint density at radius 3 is 2.71 bits per heavy atom. The topological polar surface area (TPSA) is 85.5 Å². The van der Waals surface area contributed by atoms with E-state index in [0.29, 0.717) is 31.1 Å². The fraction of sp³-hybridized carbons (Fsp3) is 0.385. The molecule has 0 N–H and O–H groups in total. The first-order chi connectivity index (χ1) is 10.1. The third-order valence-corrected chi connectivity index (χ3v) is 5.47. The predicted molar refractivity (Wildman–Crippen MR) is 73.4 cm³/mol. The van der Waals surface area contributed by atoms with Gasteiger partial charge in [-0.25, -0.2) is 8.42 Å². The number of methoxy groups -OCH3 is 1. The summed E-state index contributed by atoms with van der Waals surface area (Å²) in [7, 11) is -1.95. The van der Waals surface area contributed by atoms with Gasteiger partial charge in [0.15, 0.2) is 5.82 Å². The SMILES string of the molecule is COc1ccc(S(=O)(=O)N2CC[C@H](c3ncon3)C2)cc1. The van der Waals surface area contributed by atoms with Gasteiger partial charge in [-0.05, 0) is 30.7 Å². The van der Waals surface area contributed by atoms with Gasteiger partial charge in [-0.15, -0.1) is 0 Å². The first-order valence-electron chi connectivity index (χ1n) is 6.52. The molecule has 1 aromatic carbocycles. The molecule has 1 atom stereocenters. The number of sulfonamides is 1. The van der Waals surface area contributed by atoms with Crippen molar-refractivity contribution in [3.63, 3.8) is 0 Å². The lowest BCUT2D eigenvalue weighted by molar-refractivity contribution is 0.403. The molecule has 1 aliphatic rings. The second kappa shape index (κ2) is 5.45. The molecule has 1 saturated heterocycles. The second-order valence-electron chi connectivity index (χ2n) is 4.81. The third kappa shape index (κ3) is 2.64. The van der Waals surface area contributed by atoms with E-state index < -0.39 is 10.0 Å². The van der Waals surface area contributed by atoms with Crippen molar-refractivity contribution in [2.45, 2.75) is 17.2 Å². The van der Waals surface area contributed by atoms with Gasteiger partial charge in [-0.1, -0.05) is 5.16 Å². The summed E-state index contributed by atoms with van der Waals surface area (Å²) in [6, 6.07) is 6.38. The summed E-state index contributed by atoms with van der Waals surface area (Å²) in [5, 5.41) is 3.79. The molecule has 3 rings (SSSR count). The van der Waals surface area contributed by atoms with E-state index in [2.05, 4.69) is 10.1 Å². The Labute approximate surface area is 122 Å². The summed E-state index contributed by atoms with van der Waals surface area (Å²) in [6.45, 7) is 0.821. The molecule has 0 bridgehead atoms. The molecular formula is C13H15N3O4S. The summed E-state index contributed by atoms with van der Waals surface area (Å²) in [4.78, 5) is 4.26. The van der Waals surface area contributed by atoms with Crippen LogP contribution >= 0.6 is 0 Å². The molecule has 112 valence electrons. The molecule has 21 heavy (non-hydrogen) atoms. The standard InChI is InChI=1S/C13H15N3O4S/c1-19-11-2-4-12(5-3-11)21(17,18)16-7-6-10(8-16)13-14-9-20-15-13/h2-5,9-10H,6-8H2,1H3/t10-/m0/s1. The first-order valence-corrected chi connectivity index (χ1v) is 7.96. The minimum absolute atomic E-state index is 0.0169.